The lowest BCUT2D eigenvalue weighted by Gasteiger charge is -2.22. The molecule has 1 aliphatic carbocycles. The summed E-state index contributed by atoms with van der Waals surface area (Å²) in [4.78, 5) is 0. The summed E-state index contributed by atoms with van der Waals surface area (Å²) in [5.74, 6) is 0. The van der Waals surface area contributed by atoms with E-state index < -0.39 is 10.0 Å². The molecule has 0 bridgehead atoms. The molecule has 1 atom stereocenters. The van der Waals surface area contributed by atoms with Gasteiger partial charge in [-0.05, 0) is 25.7 Å². The number of nitrogens with zero attached hydrogens (tertiary/aromatic N) is 1. The molecule has 1 unspecified atom stereocenters. The van der Waals surface area contributed by atoms with E-state index in [4.69, 9.17) is 5.73 Å². The summed E-state index contributed by atoms with van der Waals surface area (Å²) in [7, 11) is -2.97. The van der Waals surface area contributed by atoms with Crippen molar-refractivity contribution in [2.75, 3.05) is 13.1 Å². The second-order valence-electron chi connectivity index (χ2n) is 3.89. The molecule has 0 aromatic carbocycles. The van der Waals surface area contributed by atoms with Crippen LogP contribution in [0.25, 0.3) is 0 Å². The van der Waals surface area contributed by atoms with Crippen LogP contribution in [0.1, 0.15) is 25.7 Å². The number of hydrogen-bond donors (Lipinski definition) is 1. The highest BCUT2D eigenvalue weighted by Gasteiger charge is 2.43. The maximum Gasteiger partial charge on any atom is 0.217 e. The van der Waals surface area contributed by atoms with Crippen LogP contribution in [0.5, 0.6) is 0 Å². The molecule has 2 aliphatic rings. The Morgan fingerprint density at radius 2 is 2.00 bits per heavy atom. The van der Waals surface area contributed by atoms with E-state index in [-0.39, 0.29) is 11.3 Å². The first kappa shape index (κ1) is 9.43. The van der Waals surface area contributed by atoms with Crippen molar-refractivity contribution < 1.29 is 8.42 Å². The average Bonchev–Trinajstić information content (AvgIpc) is 2.84. The van der Waals surface area contributed by atoms with Crippen LogP contribution in [-0.2, 0) is 10.0 Å². The minimum Gasteiger partial charge on any atom is -0.329 e. The first-order valence-electron chi connectivity index (χ1n) is 4.87. The predicted octanol–water partition coefficient (Wildman–Crippen LogP) is -0.0983. The summed E-state index contributed by atoms with van der Waals surface area (Å²) in [5.41, 5.74) is 5.54. The Morgan fingerprint density at radius 3 is 2.54 bits per heavy atom. The Bertz CT molecular complexity index is 285. The van der Waals surface area contributed by atoms with Gasteiger partial charge in [0.15, 0.2) is 0 Å². The number of nitrogens with two attached hydrogens (primary N) is 1. The molecule has 0 aromatic heterocycles. The Labute approximate surface area is 79.1 Å². The van der Waals surface area contributed by atoms with Gasteiger partial charge in [-0.25, -0.2) is 8.42 Å². The topological polar surface area (TPSA) is 63.4 Å². The summed E-state index contributed by atoms with van der Waals surface area (Å²) in [5, 5.41) is -0.0837. The van der Waals surface area contributed by atoms with Crippen molar-refractivity contribution in [3.05, 3.63) is 0 Å². The molecule has 1 aliphatic heterocycles. The van der Waals surface area contributed by atoms with Crippen molar-refractivity contribution in [1.29, 1.82) is 0 Å². The van der Waals surface area contributed by atoms with E-state index in [1.165, 1.54) is 0 Å². The molecule has 0 amide bonds. The van der Waals surface area contributed by atoms with Gasteiger partial charge in [0.25, 0.3) is 0 Å². The van der Waals surface area contributed by atoms with Crippen LogP contribution in [0, 0.1) is 0 Å². The molecule has 76 valence electrons. The van der Waals surface area contributed by atoms with E-state index in [1.54, 1.807) is 4.31 Å². The Balaban J connectivity index is 2.14. The predicted molar refractivity (Wildman–Crippen MR) is 50.7 cm³/mol. The molecule has 4 nitrogen and oxygen atoms in total. The fraction of sp³-hybridized carbons (Fsp3) is 1.00. The third-order valence-electron chi connectivity index (χ3n) is 2.87. The molecule has 2 N–H and O–H groups in total. The summed E-state index contributed by atoms with van der Waals surface area (Å²) in [6.45, 7) is 1.15. The highest BCUT2D eigenvalue weighted by atomic mass is 32.2. The first-order valence-corrected chi connectivity index (χ1v) is 6.37. The van der Waals surface area contributed by atoms with Crippen LogP contribution in [-0.4, -0.2) is 37.1 Å². The molecule has 1 saturated carbocycles. The third-order valence-corrected chi connectivity index (χ3v) is 5.32. The van der Waals surface area contributed by atoms with Crippen LogP contribution >= 0.6 is 0 Å². The first-order chi connectivity index (χ1) is 6.16. The smallest absolute Gasteiger partial charge is 0.217 e. The molecule has 0 radical (unpaired) electrons. The molecular weight excluding hydrogens is 188 g/mol. The van der Waals surface area contributed by atoms with Crippen LogP contribution in [0.15, 0.2) is 0 Å². The minimum atomic E-state index is -2.97. The fourth-order valence-electron chi connectivity index (χ4n) is 1.94. The van der Waals surface area contributed by atoms with Crippen molar-refractivity contribution in [3.63, 3.8) is 0 Å². The second-order valence-corrected chi connectivity index (χ2v) is 6.05. The molecule has 5 heteroatoms. The third kappa shape index (κ3) is 1.60. The lowest BCUT2D eigenvalue weighted by Crippen LogP contribution is -2.41. The van der Waals surface area contributed by atoms with Crippen LogP contribution in [0.2, 0.25) is 0 Å². The fourth-order valence-corrected chi connectivity index (χ4v) is 4.04. The van der Waals surface area contributed by atoms with E-state index in [1.807, 2.05) is 0 Å². The molecule has 2 rings (SSSR count). The number of sulfonamides is 1. The van der Waals surface area contributed by atoms with Gasteiger partial charge in [0.05, 0.1) is 5.25 Å². The zero-order chi connectivity index (χ0) is 9.47. The Kier molecular flexibility index (Phi) is 2.33. The van der Waals surface area contributed by atoms with E-state index >= 15 is 0 Å². The summed E-state index contributed by atoms with van der Waals surface area (Å²) < 4.78 is 25.3. The van der Waals surface area contributed by atoms with Crippen molar-refractivity contribution >= 4 is 10.0 Å². The van der Waals surface area contributed by atoms with Gasteiger partial charge in [0, 0.05) is 19.1 Å². The highest BCUT2D eigenvalue weighted by molar-refractivity contribution is 7.90. The van der Waals surface area contributed by atoms with Gasteiger partial charge in [-0.3, -0.25) is 0 Å². The van der Waals surface area contributed by atoms with Crippen LogP contribution in [0.3, 0.4) is 0 Å². The Hall–Kier alpha value is -0.130. The van der Waals surface area contributed by atoms with Gasteiger partial charge >= 0.3 is 0 Å². The normalized spacial score (nSPS) is 31.0. The summed E-state index contributed by atoms with van der Waals surface area (Å²) in [6.07, 6.45) is 3.59. The van der Waals surface area contributed by atoms with E-state index in [0.717, 1.165) is 25.7 Å². The zero-order valence-electron chi connectivity index (χ0n) is 7.65. The molecule has 1 heterocycles. The lowest BCUT2D eigenvalue weighted by molar-refractivity contribution is 0.392. The van der Waals surface area contributed by atoms with Gasteiger partial charge in [0.1, 0.15) is 0 Å². The van der Waals surface area contributed by atoms with Crippen LogP contribution < -0.4 is 5.73 Å². The average molecular weight is 204 g/mol. The highest BCUT2D eigenvalue weighted by Crippen LogP contribution is 2.34. The molecule has 13 heavy (non-hydrogen) atoms. The number of rotatable bonds is 3. The van der Waals surface area contributed by atoms with Crippen molar-refractivity contribution in [3.8, 4) is 0 Å². The van der Waals surface area contributed by atoms with Crippen molar-refractivity contribution in [2.45, 2.75) is 37.0 Å². The van der Waals surface area contributed by atoms with Gasteiger partial charge in [-0.1, -0.05) is 0 Å². The van der Waals surface area contributed by atoms with Crippen molar-refractivity contribution in [2.24, 2.45) is 5.73 Å². The van der Waals surface area contributed by atoms with E-state index in [0.29, 0.717) is 13.1 Å². The maximum absolute atomic E-state index is 11.8. The standard InChI is InChI=1S/C8H16N2O2S/c9-6-7-2-1-5-10(7)13(11,12)8-3-4-8/h7-8H,1-6,9H2. The molecule has 0 spiro atoms. The van der Waals surface area contributed by atoms with Gasteiger partial charge in [-0.15, -0.1) is 0 Å². The Morgan fingerprint density at radius 1 is 1.31 bits per heavy atom. The quantitative estimate of drug-likeness (QED) is 0.698. The van der Waals surface area contributed by atoms with Gasteiger partial charge in [-0.2, -0.15) is 4.31 Å². The summed E-state index contributed by atoms with van der Waals surface area (Å²) >= 11 is 0. The SMILES string of the molecule is NCC1CCCN1S(=O)(=O)C1CC1. The minimum absolute atomic E-state index is 0.0746. The van der Waals surface area contributed by atoms with Crippen LogP contribution in [0.4, 0.5) is 0 Å². The van der Waals surface area contributed by atoms with E-state index in [2.05, 4.69) is 0 Å². The van der Waals surface area contributed by atoms with E-state index in [9.17, 15) is 8.42 Å². The number of hydrogen-bond acceptors (Lipinski definition) is 3. The maximum atomic E-state index is 11.8. The van der Waals surface area contributed by atoms with Crippen molar-refractivity contribution in [1.82, 2.24) is 4.31 Å². The molecule has 1 saturated heterocycles. The monoisotopic (exact) mass is 204 g/mol. The van der Waals surface area contributed by atoms with Gasteiger partial charge in [0.2, 0.25) is 10.0 Å². The van der Waals surface area contributed by atoms with Gasteiger partial charge < -0.3 is 5.73 Å². The lowest BCUT2D eigenvalue weighted by atomic mass is 10.2. The molecule has 2 fully saturated rings. The molecule has 0 aromatic rings. The molecular formula is C8H16N2O2S. The largest absolute Gasteiger partial charge is 0.329 e. The zero-order valence-corrected chi connectivity index (χ0v) is 8.46. The second kappa shape index (κ2) is 3.22. The summed E-state index contributed by atoms with van der Waals surface area (Å²) in [6, 6.07) is 0.0746.